The number of halogens is 2. The minimum Gasteiger partial charge on any atom is -0.497 e. The maximum absolute atomic E-state index is 13.8. The lowest BCUT2D eigenvalue weighted by Crippen LogP contribution is -2.33. The molecule has 0 saturated heterocycles. The van der Waals surface area contributed by atoms with E-state index in [1.165, 1.54) is 12.1 Å². The molecule has 0 bridgehead atoms. The average Bonchev–Trinajstić information content (AvgIpc) is 2.71. The second-order valence-corrected chi connectivity index (χ2v) is 5.85. The van der Waals surface area contributed by atoms with Crippen molar-refractivity contribution in [2.24, 2.45) is 5.73 Å². The van der Waals surface area contributed by atoms with Crippen LogP contribution in [0, 0.1) is 11.6 Å². The normalized spacial score (nSPS) is 17.9. The molecule has 0 aliphatic heterocycles. The summed E-state index contributed by atoms with van der Waals surface area (Å²) in [4.78, 5) is 0. The first kappa shape index (κ1) is 15.9. The van der Waals surface area contributed by atoms with Gasteiger partial charge in [-0.05, 0) is 59.4 Å². The highest BCUT2D eigenvalue weighted by molar-refractivity contribution is 5.48. The van der Waals surface area contributed by atoms with E-state index in [9.17, 15) is 13.9 Å². The summed E-state index contributed by atoms with van der Waals surface area (Å²) in [6, 6.07) is 7.50. The Kier molecular flexibility index (Phi) is 4.33. The number of hydrogen-bond donors (Lipinski definition) is 2. The van der Waals surface area contributed by atoms with Crippen molar-refractivity contribution in [1.82, 2.24) is 0 Å². The highest BCUT2D eigenvalue weighted by Gasteiger charge is 2.29. The summed E-state index contributed by atoms with van der Waals surface area (Å²) in [7, 11) is 1.59. The lowest BCUT2D eigenvalue weighted by Gasteiger charge is -2.25. The van der Waals surface area contributed by atoms with Crippen molar-refractivity contribution in [2.75, 3.05) is 13.7 Å². The second-order valence-electron chi connectivity index (χ2n) is 5.85. The van der Waals surface area contributed by atoms with Crippen LogP contribution < -0.4 is 10.5 Å². The van der Waals surface area contributed by atoms with Gasteiger partial charge in [-0.3, -0.25) is 0 Å². The summed E-state index contributed by atoms with van der Waals surface area (Å²) in [6.45, 7) is -0.241. The molecule has 0 aromatic heterocycles. The van der Waals surface area contributed by atoms with Gasteiger partial charge >= 0.3 is 0 Å². The molecular formula is C18H19F2NO2. The highest BCUT2D eigenvalue weighted by Crippen LogP contribution is 2.38. The Morgan fingerprint density at radius 2 is 1.78 bits per heavy atom. The Morgan fingerprint density at radius 3 is 2.43 bits per heavy atom. The molecule has 2 aromatic carbocycles. The minimum absolute atomic E-state index is 0.241. The molecule has 2 aromatic rings. The Hall–Kier alpha value is -1.98. The molecule has 0 spiro atoms. The molecule has 23 heavy (non-hydrogen) atoms. The van der Waals surface area contributed by atoms with Gasteiger partial charge in [0.15, 0.2) is 11.6 Å². The molecule has 0 radical (unpaired) electrons. The molecule has 2 atom stereocenters. The van der Waals surface area contributed by atoms with Gasteiger partial charge in [-0.1, -0.05) is 6.07 Å². The van der Waals surface area contributed by atoms with Gasteiger partial charge in [0.05, 0.1) is 13.7 Å². The Balaban J connectivity index is 2.20. The van der Waals surface area contributed by atoms with Crippen LogP contribution in [-0.2, 0) is 12.8 Å². The maximum atomic E-state index is 13.8. The van der Waals surface area contributed by atoms with E-state index < -0.39 is 17.7 Å². The third-order valence-electron chi connectivity index (χ3n) is 4.51. The van der Waals surface area contributed by atoms with E-state index >= 15 is 0 Å². The van der Waals surface area contributed by atoms with Crippen LogP contribution in [0.1, 0.15) is 28.2 Å². The largest absolute Gasteiger partial charge is 0.497 e. The van der Waals surface area contributed by atoms with E-state index in [1.54, 1.807) is 7.11 Å². The first-order chi connectivity index (χ1) is 11.0. The Morgan fingerprint density at radius 1 is 1.13 bits per heavy atom. The number of methoxy groups -OCH3 is 1. The molecule has 3 rings (SSSR count). The number of ether oxygens (including phenoxy) is 1. The minimum atomic E-state index is -0.893. The van der Waals surface area contributed by atoms with E-state index in [1.807, 2.05) is 18.2 Å². The third kappa shape index (κ3) is 2.82. The van der Waals surface area contributed by atoms with E-state index in [4.69, 9.17) is 10.5 Å². The van der Waals surface area contributed by atoms with Crippen LogP contribution in [0.5, 0.6) is 5.75 Å². The van der Waals surface area contributed by atoms with Gasteiger partial charge in [-0.15, -0.1) is 0 Å². The van der Waals surface area contributed by atoms with Crippen molar-refractivity contribution in [1.29, 1.82) is 0 Å². The Bertz CT molecular complexity index is 733. The molecule has 1 aliphatic rings. The summed E-state index contributed by atoms with van der Waals surface area (Å²) < 4.78 is 32.7. The number of benzene rings is 2. The molecule has 0 amide bonds. The number of aryl methyl sites for hydroxylation is 2. The fourth-order valence-corrected chi connectivity index (χ4v) is 3.34. The van der Waals surface area contributed by atoms with Crippen LogP contribution in [0.3, 0.4) is 0 Å². The second kappa shape index (κ2) is 6.26. The van der Waals surface area contributed by atoms with E-state index in [0.717, 1.165) is 22.4 Å². The van der Waals surface area contributed by atoms with Crippen LogP contribution >= 0.6 is 0 Å². The summed E-state index contributed by atoms with van der Waals surface area (Å²) in [6.07, 6.45) is 1.26. The van der Waals surface area contributed by atoms with Gasteiger partial charge in [0.1, 0.15) is 5.75 Å². The number of aliphatic hydroxyl groups is 1. The van der Waals surface area contributed by atoms with Crippen LogP contribution in [-0.4, -0.2) is 24.9 Å². The lowest BCUT2D eigenvalue weighted by atomic mass is 9.83. The summed E-state index contributed by atoms with van der Waals surface area (Å²) in [5, 5.41) is 9.54. The maximum Gasteiger partial charge on any atom is 0.159 e. The van der Waals surface area contributed by atoms with Gasteiger partial charge in [0.2, 0.25) is 0 Å². The van der Waals surface area contributed by atoms with E-state index in [0.29, 0.717) is 18.4 Å². The number of rotatable bonds is 3. The molecule has 0 fully saturated rings. The number of hydrogen-bond acceptors (Lipinski definition) is 3. The molecule has 3 nitrogen and oxygen atoms in total. The standard InChI is InChI=1S/C18H19F2NO2/c1-23-12-4-5-13-10(6-12)2-3-11-7-15(19)16(20)8-14(11)18(13)17(21)9-22/h4-8,17-18,22H,2-3,9,21H2,1H3. The van der Waals surface area contributed by atoms with Crippen LogP contribution in [0.2, 0.25) is 0 Å². The van der Waals surface area contributed by atoms with Gasteiger partial charge < -0.3 is 15.6 Å². The van der Waals surface area contributed by atoms with Crippen molar-refractivity contribution in [3.63, 3.8) is 0 Å². The van der Waals surface area contributed by atoms with Crippen molar-refractivity contribution < 1.29 is 18.6 Å². The molecule has 3 N–H and O–H groups in total. The predicted octanol–water partition coefficient (Wildman–Crippen LogP) is 2.52. The fourth-order valence-electron chi connectivity index (χ4n) is 3.34. The number of nitrogens with two attached hydrogens (primary N) is 1. The van der Waals surface area contributed by atoms with Crippen molar-refractivity contribution in [2.45, 2.75) is 24.8 Å². The van der Waals surface area contributed by atoms with Gasteiger partial charge in [0, 0.05) is 12.0 Å². The lowest BCUT2D eigenvalue weighted by molar-refractivity contribution is 0.256. The quantitative estimate of drug-likeness (QED) is 0.914. The van der Waals surface area contributed by atoms with Gasteiger partial charge in [-0.2, -0.15) is 0 Å². The predicted molar refractivity (Wildman–Crippen MR) is 83.7 cm³/mol. The summed E-state index contributed by atoms with van der Waals surface area (Å²) in [5.41, 5.74) is 9.44. The molecule has 5 heteroatoms. The summed E-state index contributed by atoms with van der Waals surface area (Å²) >= 11 is 0. The van der Waals surface area contributed by atoms with Crippen molar-refractivity contribution >= 4 is 0 Å². The Labute approximate surface area is 133 Å². The third-order valence-corrected chi connectivity index (χ3v) is 4.51. The molecule has 0 saturated carbocycles. The SMILES string of the molecule is COc1ccc2c(c1)CCc1cc(F)c(F)cc1C2C(N)CO. The number of aliphatic hydroxyl groups excluding tert-OH is 1. The number of fused-ring (bicyclic) bond motifs is 2. The molecule has 122 valence electrons. The molecular weight excluding hydrogens is 300 g/mol. The topological polar surface area (TPSA) is 55.5 Å². The fraction of sp³-hybridized carbons (Fsp3) is 0.333. The zero-order valence-electron chi connectivity index (χ0n) is 12.9. The first-order valence-corrected chi connectivity index (χ1v) is 7.56. The van der Waals surface area contributed by atoms with Crippen molar-refractivity contribution in [3.8, 4) is 5.75 Å². The molecule has 0 heterocycles. The molecule has 1 aliphatic carbocycles. The average molecular weight is 319 g/mol. The zero-order chi connectivity index (χ0) is 16.6. The van der Waals surface area contributed by atoms with Crippen molar-refractivity contribution in [3.05, 3.63) is 64.2 Å². The summed E-state index contributed by atoms with van der Waals surface area (Å²) in [5.74, 6) is -1.41. The smallest absolute Gasteiger partial charge is 0.159 e. The highest BCUT2D eigenvalue weighted by atomic mass is 19.2. The van der Waals surface area contributed by atoms with Crippen LogP contribution in [0.25, 0.3) is 0 Å². The monoisotopic (exact) mass is 319 g/mol. The van der Waals surface area contributed by atoms with E-state index in [2.05, 4.69) is 0 Å². The zero-order valence-corrected chi connectivity index (χ0v) is 12.9. The van der Waals surface area contributed by atoms with Crippen LogP contribution in [0.15, 0.2) is 30.3 Å². The van der Waals surface area contributed by atoms with E-state index in [-0.39, 0.29) is 12.5 Å². The van der Waals surface area contributed by atoms with Gasteiger partial charge in [-0.25, -0.2) is 8.78 Å². The first-order valence-electron chi connectivity index (χ1n) is 7.56. The molecule has 2 unspecified atom stereocenters. The van der Waals surface area contributed by atoms with Crippen LogP contribution in [0.4, 0.5) is 8.78 Å². The van der Waals surface area contributed by atoms with Gasteiger partial charge in [0.25, 0.3) is 0 Å².